The van der Waals surface area contributed by atoms with Gasteiger partial charge in [0, 0.05) is 44.3 Å². The highest BCUT2D eigenvalue weighted by Crippen LogP contribution is 2.22. The van der Waals surface area contributed by atoms with Crippen LogP contribution in [0.5, 0.6) is 5.75 Å². The summed E-state index contributed by atoms with van der Waals surface area (Å²) in [6.07, 6.45) is 6.18. The molecule has 0 saturated carbocycles. The molecule has 138 valence electrons. The van der Waals surface area contributed by atoms with Gasteiger partial charge in [-0.3, -0.25) is 9.69 Å². The molecule has 8 nitrogen and oxygen atoms in total. The number of rotatable bonds is 8. The molecule has 1 aromatic heterocycles. The van der Waals surface area contributed by atoms with Crippen molar-refractivity contribution in [2.75, 3.05) is 38.2 Å². The van der Waals surface area contributed by atoms with Crippen molar-refractivity contribution < 1.29 is 14.3 Å². The fraction of sp³-hybridized carbons (Fsp3) is 0.389. The third-order valence-corrected chi connectivity index (χ3v) is 4.29. The van der Waals surface area contributed by atoms with Crippen LogP contribution in [-0.2, 0) is 11.3 Å². The highest BCUT2D eigenvalue weighted by molar-refractivity contribution is 5.96. The zero-order valence-corrected chi connectivity index (χ0v) is 14.8. The van der Waals surface area contributed by atoms with E-state index in [1.807, 2.05) is 35.0 Å². The summed E-state index contributed by atoms with van der Waals surface area (Å²) in [5, 5.41) is 2.86. The summed E-state index contributed by atoms with van der Waals surface area (Å²) < 4.78 is 7.09. The number of imidazole rings is 1. The van der Waals surface area contributed by atoms with Crippen molar-refractivity contribution in [1.82, 2.24) is 19.8 Å². The highest BCUT2D eigenvalue weighted by atomic mass is 16.5. The van der Waals surface area contributed by atoms with Crippen molar-refractivity contribution in [1.29, 1.82) is 0 Å². The Morgan fingerprint density at radius 3 is 2.77 bits per heavy atom. The van der Waals surface area contributed by atoms with Crippen LogP contribution in [0.2, 0.25) is 0 Å². The predicted molar refractivity (Wildman–Crippen MR) is 97.2 cm³/mol. The van der Waals surface area contributed by atoms with E-state index in [0.717, 1.165) is 24.4 Å². The number of hydrogen-bond acceptors (Lipinski definition) is 4. The number of carbonyl (C=O) groups excluding carboxylic acids is 2. The van der Waals surface area contributed by atoms with Crippen LogP contribution in [0.4, 0.5) is 10.5 Å². The van der Waals surface area contributed by atoms with E-state index in [-0.39, 0.29) is 18.5 Å². The van der Waals surface area contributed by atoms with Gasteiger partial charge in [-0.25, -0.2) is 9.78 Å². The molecule has 0 atom stereocenters. The molecule has 0 unspecified atom stereocenters. The smallest absolute Gasteiger partial charge is 0.325 e. The molecular formula is C18H23N5O3. The van der Waals surface area contributed by atoms with Crippen LogP contribution in [0.1, 0.15) is 6.42 Å². The largest absolute Gasteiger partial charge is 0.497 e. The number of benzene rings is 1. The van der Waals surface area contributed by atoms with Gasteiger partial charge in [-0.05, 0) is 30.7 Å². The molecule has 1 aliphatic heterocycles. The van der Waals surface area contributed by atoms with Gasteiger partial charge in [-0.15, -0.1) is 0 Å². The fourth-order valence-corrected chi connectivity index (χ4v) is 2.87. The molecule has 1 aromatic carbocycles. The minimum Gasteiger partial charge on any atom is -0.497 e. The minimum atomic E-state index is -0.149. The molecule has 1 saturated heterocycles. The van der Waals surface area contributed by atoms with Gasteiger partial charge in [0.25, 0.3) is 0 Å². The molecule has 0 spiro atoms. The van der Waals surface area contributed by atoms with Gasteiger partial charge < -0.3 is 19.5 Å². The monoisotopic (exact) mass is 357 g/mol. The molecule has 8 heteroatoms. The lowest BCUT2D eigenvalue weighted by Crippen LogP contribution is -2.40. The Balaban J connectivity index is 1.43. The Bertz CT molecular complexity index is 730. The maximum Gasteiger partial charge on any atom is 0.325 e. The molecule has 3 amide bonds. The van der Waals surface area contributed by atoms with E-state index in [1.54, 1.807) is 29.4 Å². The molecule has 0 aliphatic carbocycles. The average molecular weight is 357 g/mol. The lowest BCUT2D eigenvalue weighted by Gasteiger charge is -2.18. The highest BCUT2D eigenvalue weighted by Gasteiger charge is 2.30. The van der Waals surface area contributed by atoms with E-state index < -0.39 is 0 Å². The fourth-order valence-electron chi connectivity index (χ4n) is 2.87. The molecule has 2 heterocycles. The first kappa shape index (κ1) is 17.8. The molecule has 0 bridgehead atoms. The number of methoxy groups -OCH3 is 1. The summed E-state index contributed by atoms with van der Waals surface area (Å²) in [7, 11) is 1.60. The third-order valence-electron chi connectivity index (χ3n) is 4.29. The number of aryl methyl sites for hydroxylation is 1. The van der Waals surface area contributed by atoms with Crippen molar-refractivity contribution in [2.24, 2.45) is 0 Å². The van der Waals surface area contributed by atoms with E-state index in [9.17, 15) is 9.59 Å². The number of amides is 3. The molecule has 26 heavy (non-hydrogen) atoms. The van der Waals surface area contributed by atoms with E-state index in [0.29, 0.717) is 19.6 Å². The first-order chi connectivity index (χ1) is 12.7. The Kier molecular flexibility index (Phi) is 5.73. The Hall–Kier alpha value is -3.03. The number of hydrogen-bond donors (Lipinski definition) is 1. The zero-order chi connectivity index (χ0) is 18.4. The van der Waals surface area contributed by atoms with Crippen LogP contribution in [-0.4, -0.2) is 59.7 Å². The SMILES string of the molecule is COc1ccc(N2CCN(CC(=O)NCCCn3ccnc3)C2=O)cc1. The quantitative estimate of drug-likeness (QED) is 0.723. The lowest BCUT2D eigenvalue weighted by atomic mass is 10.3. The third kappa shape index (κ3) is 4.33. The Labute approximate surface area is 152 Å². The number of carbonyl (C=O) groups is 2. The molecule has 1 aliphatic rings. The standard InChI is InChI=1S/C18H23N5O3/c1-26-16-5-3-15(4-6-16)23-12-11-22(18(23)25)13-17(24)20-7-2-9-21-10-8-19-14-21/h3-6,8,10,14H,2,7,9,11-13H2,1H3,(H,20,24). The van der Waals surface area contributed by atoms with Gasteiger partial charge in [-0.2, -0.15) is 0 Å². The minimum absolute atomic E-state index is 0.0799. The second-order valence-electron chi connectivity index (χ2n) is 6.06. The zero-order valence-electron chi connectivity index (χ0n) is 14.8. The Morgan fingerprint density at radius 2 is 2.08 bits per heavy atom. The van der Waals surface area contributed by atoms with Gasteiger partial charge in [0.15, 0.2) is 0 Å². The maximum atomic E-state index is 12.5. The molecule has 3 rings (SSSR count). The van der Waals surface area contributed by atoms with Crippen LogP contribution in [0.15, 0.2) is 43.0 Å². The summed E-state index contributed by atoms with van der Waals surface area (Å²) in [5.74, 6) is 0.605. The Morgan fingerprint density at radius 1 is 1.27 bits per heavy atom. The predicted octanol–water partition coefficient (Wildman–Crippen LogP) is 1.34. The van der Waals surface area contributed by atoms with Crippen LogP contribution in [0, 0.1) is 0 Å². The van der Waals surface area contributed by atoms with E-state index in [4.69, 9.17) is 4.74 Å². The molecule has 1 fully saturated rings. The first-order valence-electron chi connectivity index (χ1n) is 8.60. The van der Waals surface area contributed by atoms with Crippen LogP contribution in [0.25, 0.3) is 0 Å². The number of urea groups is 1. The summed E-state index contributed by atoms with van der Waals surface area (Å²) in [4.78, 5) is 31.8. The normalized spacial score (nSPS) is 14.0. The van der Waals surface area contributed by atoms with Crippen LogP contribution < -0.4 is 15.0 Å². The van der Waals surface area contributed by atoms with Crippen molar-refractivity contribution in [3.63, 3.8) is 0 Å². The number of nitrogens with one attached hydrogen (secondary N) is 1. The van der Waals surface area contributed by atoms with Gasteiger partial charge in [-0.1, -0.05) is 0 Å². The second kappa shape index (κ2) is 8.37. The van der Waals surface area contributed by atoms with Crippen molar-refractivity contribution in [3.05, 3.63) is 43.0 Å². The molecular weight excluding hydrogens is 334 g/mol. The number of aromatic nitrogens is 2. The number of anilines is 1. The molecule has 2 aromatic rings. The van der Waals surface area contributed by atoms with Crippen molar-refractivity contribution >= 4 is 17.6 Å². The van der Waals surface area contributed by atoms with Gasteiger partial charge in [0.1, 0.15) is 12.3 Å². The maximum absolute atomic E-state index is 12.5. The number of nitrogens with zero attached hydrogens (tertiary/aromatic N) is 4. The van der Waals surface area contributed by atoms with Crippen LogP contribution in [0.3, 0.4) is 0 Å². The topological polar surface area (TPSA) is 79.7 Å². The van der Waals surface area contributed by atoms with Gasteiger partial charge in [0.2, 0.25) is 5.91 Å². The average Bonchev–Trinajstić information content (AvgIpc) is 3.30. The number of ether oxygens (including phenoxy) is 1. The van der Waals surface area contributed by atoms with E-state index in [2.05, 4.69) is 10.3 Å². The van der Waals surface area contributed by atoms with Gasteiger partial charge >= 0.3 is 6.03 Å². The summed E-state index contributed by atoms with van der Waals surface area (Å²) >= 11 is 0. The van der Waals surface area contributed by atoms with Crippen LogP contribution >= 0.6 is 0 Å². The second-order valence-corrected chi connectivity index (χ2v) is 6.06. The lowest BCUT2D eigenvalue weighted by molar-refractivity contribution is -0.121. The van der Waals surface area contributed by atoms with E-state index >= 15 is 0 Å². The van der Waals surface area contributed by atoms with Crippen molar-refractivity contribution in [2.45, 2.75) is 13.0 Å². The summed E-state index contributed by atoms with van der Waals surface area (Å²) in [6.45, 7) is 2.55. The summed E-state index contributed by atoms with van der Waals surface area (Å²) in [5.41, 5.74) is 0.805. The molecule has 1 N–H and O–H groups in total. The summed E-state index contributed by atoms with van der Waals surface area (Å²) in [6, 6.07) is 7.17. The first-order valence-corrected chi connectivity index (χ1v) is 8.60. The van der Waals surface area contributed by atoms with Gasteiger partial charge in [0.05, 0.1) is 13.4 Å². The van der Waals surface area contributed by atoms with E-state index in [1.165, 1.54) is 0 Å². The van der Waals surface area contributed by atoms with Crippen molar-refractivity contribution in [3.8, 4) is 5.75 Å². The molecule has 0 radical (unpaired) electrons.